The minimum atomic E-state index is -0.0475. The fraction of sp³-hybridized carbons (Fsp3) is 0.367. The lowest BCUT2D eigenvalue weighted by Crippen LogP contribution is -2.48. The summed E-state index contributed by atoms with van der Waals surface area (Å²) in [7, 11) is 1.96. The molecular formula is C30H35ClN2O2. The van der Waals surface area contributed by atoms with Gasteiger partial charge in [-0.15, -0.1) is 12.4 Å². The van der Waals surface area contributed by atoms with Crippen LogP contribution in [-0.2, 0) is 11.2 Å². The molecule has 2 atom stereocenters. The maximum atomic E-state index is 13.9. The van der Waals surface area contributed by atoms with E-state index >= 15 is 0 Å². The van der Waals surface area contributed by atoms with Crippen LogP contribution in [0.1, 0.15) is 59.9 Å². The molecule has 4 nitrogen and oxygen atoms in total. The zero-order valence-corrected chi connectivity index (χ0v) is 21.2. The van der Waals surface area contributed by atoms with Crippen LogP contribution in [0.3, 0.4) is 0 Å². The fourth-order valence-electron chi connectivity index (χ4n) is 5.95. The number of hydrogen-bond acceptors (Lipinski definition) is 3. The molecule has 1 saturated heterocycles. The van der Waals surface area contributed by atoms with E-state index in [1.165, 1.54) is 18.4 Å². The molecule has 3 aromatic carbocycles. The molecule has 35 heavy (non-hydrogen) atoms. The summed E-state index contributed by atoms with van der Waals surface area (Å²) in [6, 6.07) is 26.6. The molecule has 184 valence electrons. The Hall–Kier alpha value is -2.82. The number of likely N-dealkylation sites (tertiary alicyclic amines) is 1. The number of nitrogens with zero attached hydrogens (tertiary/aromatic N) is 2. The van der Waals surface area contributed by atoms with E-state index in [4.69, 9.17) is 0 Å². The highest BCUT2D eigenvalue weighted by atomic mass is 35.5. The fourth-order valence-corrected chi connectivity index (χ4v) is 5.95. The van der Waals surface area contributed by atoms with Gasteiger partial charge in [0.15, 0.2) is 0 Å². The van der Waals surface area contributed by atoms with Gasteiger partial charge in [-0.2, -0.15) is 0 Å². The van der Waals surface area contributed by atoms with Crippen LogP contribution in [0.15, 0.2) is 78.9 Å². The average Bonchev–Trinajstić information content (AvgIpc) is 3.42. The second-order valence-corrected chi connectivity index (χ2v) is 9.76. The number of hydrogen-bond donors (Lipinski definition) is 1. The van der Waals surface area contributed by atoms with Crippen LogP contribution in [-0.4, -0.2) is 47.0 Å². The number of carbonyl (C=O) groups is 1. The molecule has 0 aromatic heterocycles. The van der Waals surface area contributed by atoms with Gasteiger partial charge in [0, 0.05) is 25.4 Å². The number of aryl methyl sites for hydroxylation is 1. The van der Waals surface area contributed by atoms with Crippen molar-refractivity contribution in [2.75, 3.05) is 20.1 Å². The van der Waals surface area contributed by atoms with Gasteiger partial charge in [0.1, 0.15) is 5.75 Å². The number of rotatable bonds is 6. The summed E-state index contributed by atoms with van der Waals surface area (Å²) in [6.07, 6.45) is 4.89. The summed E-state index contributed by atoms with van der Waals surface area (Å²) in [6.45, 7) is 2.18. The minimum absolute atomic E-state index is 0. The van der Waals surface area contributed by atoms with Crippen molar-refractivity contribution in [2.24, 2.45) is 0 Å². The van der Waals surface area contributed by atoms with E-state index in [0.717, 1.165) is 42.6 Å². The molecule has 0 bridgehead atoms. The quantitative estimate of drug-likeness (QED) is 0.464. The molecule has 1 heterocycles. The first kappa shape index (κ1) is 25.3. The molecule has 3 aromatic rings. The van der Waals surface area contributed by atoms with Crippen LogP contribution in [0.25, 0.3) is 0 Å². The first-order valence-corrected chi connectivity index (χ1v) is 12.5. The first-order valence-electron chi connectivity index (χ1n) is 12.5. The average molecular weight is 491 g/mol. The summed E-state index contributed by atoms with van der Waals surface area (Å²) in [5.41, 5.74) is 4.68. The van der Waals surface area contributed by atoms with Crippen LogP contribution < -0.4 is 0 Å². The first-order chi connectivity index (χ1) is 16.6. The van der Waals surface area contributed by atoms with E-state index in [9.17, 15) is 9.90 Å². The zero-order chi connectivity index (χ0) is 23.5. The van der Waals surface area contributed by atoms with Gasteiger partial charge >= 0.3 is 0 Å². The number of likely N-dealkylation sites (N-methyl/N-ethyl adjacent to an activating group) is 1. The van der Waals surface area contributed by atoms with Crippen molar-refractivity contribution in [3.8, 4) is 5.75 Å². The van der Waals surface area contributed by atoms with Gasteiger partial charge in [-0.25, -0.2) is 0 Å². The highest BCUT2D eigenvalue weighted by Crippen LogP contribution is 2.40. The molecule has 0 unspecified atom stereocenters. The van der Waals surface area contributed by atoms with Crippen molar-refractivity contribution in [3.63, 3.8) is 0 Å². The third-order valence-electron chi connectivity index (χ3n) is 7.72. The number of benzene rings is 3. The Balaban J connectivity index is 0.00000289. The molecular weight excluding hydrogens is 456 g/mol. The van der Waals surface area contributed by atoms with Gasteiger partial charge < -0.3 is 10.0 Å². The number of halogens is 1. The summed E-state index contributed by atoms with van der Waals surface area (Å²) < 4.78 is 0. The van der Waals surface area contributed by atoms with Crippen molar-refractivity contribution in [1.29, 1.82) is 0 Å². The third kappa shape index (κ3) is 5.39. The third-order valence-corrected chi connectivity index (χ3v) is 7.72. The number of fused-ring (bicyclic) bond motifs is 1. The summed E-state index contributed by atoms with van der Waals surface area (Å²) >= 11 is 0. The number of phenols is 1. The molecule has 0 radical (unpaired) electrons. The van der Waals surface area contributed by atoms with E-state index in [-0.39, 0.29) is 42.1 Å². The van der Waals surface area contributed by atoms with Crippen LogP contribution in [0.5, 0.6) is 5.75 Å². The monoisotopic (exact) mass is 490 g/mol. The highest BCUT2D eigenvalue weighted by Gasteiger charge is 2.39. The molecule has 5 rings (SSSR count). The molecule has 1 amide bonds. The normalized spacial score (nSPS) is 19.7. The molecule has 2 aliphatic rings. The molecule has 0 spiro atoms. The van der Waals surface area contributed by atoms with Crippen molar-refractivity contribution >= 4 is 18.3 Å². The lowest BCUT2D eigenvalue weighted by atomic mass is 9.81. The Morgan fingerprint density at radius 3 is 2.17 bits per heavy atom. The standard InChI is InChI=1S/C30H34N2O2.ClH/c1-31(29(34)21-26(22-10-4-2-5-11-22)23-12-6-3-7-13-23)30-27-20-25(33)16-14-24(27)15-17-28(30)32-18-8-9-19-32;/h2-7,10-14,16,20,26,28,30,33H,8-9,15,17-19,21H2,1H3;1H/t28-,30-;/m0./s1. The molecule has 1 fully saturated rings. The molecule has 1 N–H and O–H groups in total. The lowest BCUT2D eigenvalue weighted by molar-refractivity contribution is -0.134. The Morgan fingerprint density at radius 2 is 1.57 bits per heavy atom. The molecule has 1 aliphatic carbocycles. The minimum Gasteiger partial charge on any atom is -0.508 e. The predicted molar refractivity (Wildman–Crippen MR) is 143 cm³/mol. The summed E-state index contributed by atoms with van der Waals surface area (Å²) in [5, 5.41) is 10.3. The van der Waals surface area contributed by atoms with E-state index in [2.05, 4.69) is 29.2 Å². The van der Waals surface area contributed by atoms with Crippen molar-refractivity contribution in [2.45, 2.75) is 50.1 Å². The topological polar surface area (TPSA) is 43.8 Å². The smallest absolute Gasteiger partial charge is 0.223 e. The number of aromatic hydroxyl groups is 1. The van der Waals surface area contributed by atoms with Gasteiger partial charge in [-0.1, -0.05) is 66.7 Å². The zero-order valence-electron chi connectivity index (χ0n) is 20.3. The molecule has 5 heteroatoms. The van der Waals surface area contributed by atoms with Crippen LogP contribution >= 0.6 is 12.4 Å². The van der Waals surface area contributed by atoms with E-state index in [1.54, 1.807) is 6.07 Å². The Bertz CT molecular complexity index is 1080. The lowest BCUT2D eigenvalue weighted by Gasteiger charge is -2.44. The predicted octanol–water partition coefficient (Wildman–Crippen LogP) is 5.95. The van der Waals surface area contributed by atoms with Crippen LogP contribution in [0, 0.1) is 0 Å². The largest absolute Gasteiger partial charge is 0.508 e. The SMILES string of the molecule is CN(C(=O)CC(c1ccccc1)c1ccccc1)[C@H]1c2cc(O)ccc2CC[C@@H]1N1CCCC1.Cl. The van der Waals surface area contributed by atoms with Crippen molar-refractivity contribution in [3.05, 3.63) is 101 Å². The Morgan fingerprint density at radius 1 is 0.971 bits per heavy atom. The van der Waals surface area contributed by atoms with E-state index in [1.807, 2.05) is 60.5 Å². The molecule has 0 saturated carbocycles. The van der Waals surface area contributed by atoms with Gasteiger partial charge in [0.2, 0.25) is 5.91 Å². The molecule has 1 aliphatic heterocycles. The van der Waals surface area contributed by atoms with Crippen molar-refractivity contribution in [1.82, 2.24) is 9.80 Å². The van der Waals surface area contributed by atoms with E-state index < -0.39 is 0 Å². The van der Waals surface area contributed by atoms with Gasteiger partial charge in [0.25, 0.3) is 0 Å². The number of carbonyl (C=O) groups excluding carboxylic acids is 1. The number of phenolic OH excluding ortho intramolecular Hbond substituents is 1. The maximum absolute atomic E-state index is 13.9. The van der Waals surface area contributed by atoms with Gasteiger partial charge in [0.05, 0.1) is 6.04 Å². The highest BCUT2D eigenvalue weighted by molar-refractivity contribution is 5.85. The summed E-state index contributed by atoms with van der Waals surface area (Å²) in [5.74, 6) is 0.427. The Labute approximate surface area is 215 Å². The van der Waals surface area contributed by atoms with E-state index in [0.29, 0.717) is 6.42 Å². The van der Waals surface area contributed by atoms with Gasteiger partial charge in [-0.05, 0) is 73.2 Å². The van der Waals surface area contributed by atoms with Gasteiger partial charge in [-0.3, -0.25) is 9.69 Å². The Kier molecular flexibility index (Phi) is 8.15. The summed E-state index contributed by atoms with van der Waals surface area (Å²) in [4.78, 5) is 18.4. The van der Waals surface area contributed by atoms with Crippen LogP contribution in [0.2, 0.25) is 0 Å². The second kappa shape index (κ2) is 11.3. The van der Waals surface area contributed by atoms with Crippen LogP contribution in [0.4, 0.5) is 0 Å². The number of amides is 1. The maximum Gasteiger partial charge on any atom is 0.223 e. The second-order valence-electron chi connectivity index (χ2n) is 9.76. The van der Waals surface area contributed by atoms with Crippen molar-refractivity contribution < 1.29 is 9.90 Å².